The Morgan fingerprint density at radius 3 is 2.67 bits per heavy atom. The lowest BCUT2D eigenvalue weighted by molar-refractivity contribution is -0.144. The lowest BCUT2D eigenvalue weighted by Crippen LogP contribution is -2.49. The predicted molar refractivity (Wildman–Crippen MR) is 93.0 cm³/mol. The van der Waals surface area contributed by atoms with E-state index in [0.29, 0.717) is 19.1 Å². The summed E-state index contributed by atoms with van der Waals surface area (Å²) in [6, 6.07) is 4.30. The summed E-state index contributed by atoms with van der Waals surface area (Å²) in [5.41, 5.74) is 0.102. The molecule has 3 aliphatic rings. The lowest BCUT2D eigenvalue weighted by Gasteiger charge is -2.40. The number of carbonyl (C=O) groups is 1. The van der Waals surface area contributed by atoms with Crippen LogP contribution in [-0.2, 0) is 20.8 Å². The summed E-state index contributed by atoms with van der Waals surface area (Å²) in [4.78, 5) is 19.1. The maximum atomic E-state index is 13.2. The predicted octanol–water partition coefficient (Wildman–Crippen LogP) is 1.84. The molecule has 4 rings (SSSR count). The monoisotopic (exact) mass is 350 g/mol. The number of ether oxygens (including phenoxy) is 2. The summed E-state index contributed by atoms with van der Waals surface area (Å²) in [7, 11) is 0. The standard InChI is InChI=1S/C18H26N2O3S/c21-17(20-5-9-23-10-6-20)16-13-19(12-15-2-1-11-24-15)14-18(16)3-7-22-8-4-18/h1-2,11,16H,3-10,12-14H2/t16-/m0/s1. The van der Waals surface area contributed by atoms with Crippen molar-refractivity contribution in [2.45, 2.75) is 19.4 Å². The van der Waals surface area contributed by atoms with Crippen LogP contribution in [0.2, 0.25) is 0 Å². The molecule has 0 N–H and O–H groups in total. The lowest BCUT2D eigenvalue weighted by atomic mass is 9.71. The highest BCUT2D eigenvalue weighted by Gasteiger charge is 2.51. The first-order valence-corrected chi connectivity index (χ1v) is 9.84. The third kappa shape index (κ3) is 3.25. The van der Waals surface area contributed by atoms with E-state index in [1.807, 2.05) is 4.90 Å². The number of hydrogen-bond donors (Lipinski definition) is 0. The van der Waals surface area contributed by atoms with Crippen molar-refractivity contribution in [3.05, 3.63) is 22.4 Å². The summed E-state index contributed by atoms with van der Waals surface area (Å²) in [5.74, 6) is 0.452. The summed E-state index contributed by atoms with van der Waals surface area (Å²) in [5, 5.41) is 2.13. The molecule has 6 heteroatoms. The molecule has 5 nitrogen and oxygen atoms in total. The second-order valence-electron chi connectivity index (χ2n) is 7.21. The Balaban J connectivity index is 1.51. The van der Waals surface area contributed by atoms with Gasteiger partial charge in [0, 0.05) is 56.2 Å². The van der Waals surface area contributed by atoms with Crippen LogP contribution in [0.25, 0.3) is 0 Å². The molecule has 1 amide bonds. The number of rotatable bonds is 3. The molecule has 1 aromatic heterocycles. The number of carbonyl (C=O) groups excluding carboxylic acids is 1. The fourth-order valence-corrected chi connectivity index (χ4v) is 5.19. The summed E-state index contributed by atoms with van der Waals surface area (Å²) in [6.45, 7) is 7.29. The van der Waals surface area contributed by atoms with E-state index in [-0.39, 0.29) is 11.3 Å². The van der Waals surface area contributed by atoms with Crippen molar-refractivity contribution in [3.63, 3.8) is 0 Å². The molecule has 1 atom stereocenters. The molecular weight excluding hydrogens is 324 g/mol. The van der Waals surface area contributed by atoms with Gasteiger partial charge in [0.25, 0.3) is 0 Å². The molecule has 0 unspecified atom stereocenters. The third-order valence-corrected chi connectivity index (χ3v) is 6.65. The van der Waals surface area contributed by atoms with Gasteiger partial charge in [-0.05, 0) is 24.3 Å². The van der Waals surface area contributed by atoms with Crippen LogP contribution in [0.1, 0.15) is 17.7 Å². The zero-order chi connectivity index (χ0) is 16.4. The van der Waals surface area contributed by atoms with E-state index in [2.05, 4.69) is 22.4 Å². The molecule has 3 aliphatic heterocycles. The number of morpholine rings is 1. The van der Waals surface area contributed by atoms with E-state index in [1.165, 1.54) is 4.88 Å². The van der Waals surface area contributed by atoms with Crippen molar-refractivity contribution in [2.24, 2.45) is 11.3 Å². The molecule has 1 spiro atoms. The molecule has 0 radical (unpaired) electrons. The number of thiophene rings is 1. The fourth-order valence-electron chi connectivity index (χ4n) is 4.44. The highest BCUT2D eigenvalue weighted by atomic mass is 32.1. The van der Waals surface area contributed by atoms with Crippen LogP contribution in [0.4, 0.5) is 0 Å². The van der Waals surface area contributed by atoms with Gasteiger partial charge in [0.05, 0.1) is 19.1 Å². The number of hydrogen-bond acceptors (Lipinski definition) is 5. The fraction of sp³-hybridized carbons (Fsp3) is 0.722. The quantitative estimate of drug-likeness (QED) is 0.834. The minimum absolute atomic E-state index is 0.102. The maximum Gasteiger partial charge on any atom is 0.227 e. The van der Waals surface area contributed by atoms with E-state index in [0.717, 1.165) is 58.8 Å². The number of amides is 1. The topological polar surface area (TPSA) is 42.0 Å². The second-order valence-corrected chi connectivity index (χ2v) is 8.25. The van der Waals surface area contributed by atoms with E-state index < -0.39 is 0 Å². The molecule has 4 heterocycles. The van der Waals surface area contributed by atoms with Gasteiger partial charge >= 0.3 is 0 Å². The average Bonchev–Trinajstić information content (AvgIpc) is 3.24. The van der Waals surface area contributed by atoms with Crippen LogP contribution in [0, 0.1) is 11.3 Å². The molecule has 0 saturated carbocycles. The van der Waals surface area contributed by atoms with Gasteiger partial charge in [-0.25, -0.2) is 0 Å². The molecule has 1 aromatic rings. The Morgan fingerprint density at radius 1 is 1.21 bits per heavy atom. The molecule has 24 heavy (non-hydrogen) atoms. The highest BCUT2D eigenvalue weighted by molar-refractivity contribution is 7.09. The smallest absolute Gasteiger partial charge is 0.227 e. The maximum absolute atomic E-state index is 13.2. The van der Waals surface area contributed by atoms with Crippen LogP contribution in [-0.4, -0.2) is 68.3 Å². The van der Waals surface area contributed by atoms with Crippen LogP contribution in [0.15, 0.2) is 17.5 Å². The Bertz CT molecular complexity index is 551. The average molecular weight is 350 g/mol. The van der Waals surface area contributed by atoms with E-state index in [4.69, 9.17) is 9.47 Å². The zero-order valence-electron chi connectivity index (χ0n) is 14.1. The van der Waals surface area contributed by atoms with Gasteiger partial charge in [0.15, 0.2) is 0 Å². The van der Waals surface area contributed by atoms with Crippen molar-refractivity contribution in [1.82, 2.24) is 9.80 Å². The van der Waals surface area contributed by atoms with E-state index in [1.54, 1.807) is 11.3 Å². The minimum atomic E-state index is 0.102. The molecule has 0 bridgehead atoms. The number of likely N-dealkylation sites (tertiary alicyclic amines) is 1. The summed E-state index contributed by atoms with van der Waals surface area (Å²) >= 11 is 1.80. The molecule has 3 saturated heterocycles. The van der Waals surface area contributed by atoms with E-state index in [9.17, 15) is 4.79 Å². The molecule has 0 aliphatic carbocycles. The van der Waals surface area contributed by atoms with Crippen molar-refractivity contribution in [1.29, 1.82) is 0 Å². The first kappa shape index (κ1) is 16.5. The van der Waals surface area contributed by atoms with Gasteiger partial charge < -0.3 is 14.4 Å². The van der Waals surface area contributed by atoms with Crippen molar-refractivity contribution < 1.29 is 14.3 Å². The van der Waals surface area contributed by atoms with Crippen molar-refractivity contribution in [2.75, 3.05) is 52.6 Å². The van der Waals surface area contributed by atoms with Gasteiger partial charge in [-0.15, -0.1) is 11.3 Å². The van der Waals surface area contributed by atoms with Crippen molar-refractivity contribution >= 4 is 17.2 Å². The molecule has 132 valence electrons. The molecular formula is C18H26N2O3S. The summed E-state index contributed by atoms with van der Waals surface area (Å²) < 4.78 is 11.0. The number of nitrogens with zero attached hydrogens (tertiary/aromatic N) is 2. The minimum Gasteiger partial charge on any atom is -0.381 e. The van der Waals surface area contributed by atoms with Crippen LogP contribution in [0.5, 0.6) is 0 Å². The van der Waals surface area contributed by atoms with Gasteiger partial charge in [0.2, 0.25) is 5.91 Å². The molecule has 0 aromatic carbocycles. The Hall–Kier alpha value is -0.950. The first-order chi connectivity index (χ1) is 11.8. The third-order valence-electron chi connectivity index (χ3n) is 5.79. The SMILES string of the molecule is O=C([C@@H]1CN(Cc2cccs2)CC12CCOCC2)N1CCOCC1. The largest absolute Gasteiger partial charge is 0.381 e. The molecule has 3 fully saturated rings. The van der Waals surface area contributed by atoms with Gasteiger partial charge in [0.1, 0.15) is 0 Å². The Labute approximate surface area is 147 Å². The van der Waals surface area contributed by atoms with E-state index >= 15 is 0 Å². The first-order valence-electron chi connectivity index (χ1n) is 8.96. The van der Waals surface area contributed by atoms with Crippen LogP contribution in [0.3, 0.4) is 0 Å². The summed E-state index contributed by atoms with van der Waals surface area (Å²) in [6.07, 6.45) is 2.02. The van der Waals surface area contributed by atoms with Gasteiger partial charge in [-0.1, -0.05) is 6.07 Å². The highest BCUT2D eigenvalue weighted by Crippen LogP contribution is 2.45. The Morgan fingerprint density at radius 2 is 1.96 bits per heavy atom. The Kier molecular flexibility index (Phi) is 4.90. The van der Waals surface area contributed by atoms with Crippen LogP contribution >= 0.6 is 11.3 Å². The van der Waals surface area contributed by atoms with Crippen LogP contribution < -0.4 is 0 Å². The van der Waals surface area contributed by atoms with Crippen molar-refractivity contribution in [3.8, 4) is 0 Å². The zero-order valence-corrected chi connectivity index (χ0v) is 14.9. The second kappa shape index (κ2) is 7.12. The normalized spacial score (nSPS) is 27.7. The van der Waals surface area contributed by atoms with Gasteiger partial charge in [-0.3, -0.25) is 9.69 Å². The van der Waals surface area contributed by atoms with Gasteiger partial charge in [-0.2, -0.15) is 0 Å².